The van der Waals surface area contributed by atoms with Crippen LogP contribution in [0.1, 0.15) is 32.1 Å². The minimum Gasteiger partial charge on any atom is -0.356 e. The Kier molecular flexibility index (Phi) is 6.68. The van der Waals surface area contributed by atoms with Crippen LogP contribution in [0.4, 0.5) is 10.5 Å². The van der Waals surface area contributed by atoms with Gasteiger partial charge in [-0.05, 0) is 37.8 Å². The van der Waals surface area contributed by atoms with E-state index in [-0.39, 0.29) is 23.8 Å². The van der Waals surface area contributed by atoms with Crippen LogP contribution in [-0.4, -0.2) is 60.4 Å². The molecule has 27 heavy (non-hydrogen) atoms. The molecule has 1 aromatic carbocycles. The zero-order valence-electron chi connectivity index (χ0n) is 15.7. The fraction of sp³-hybridized carbons (Fsp3) is 0.550. The van der Waals surface area contributed by atoms with E-state index in [9.17, 15) is 14.4 Å². The third kappa shape index (κ3) is 5.45. The first-order valence-corrected chi connectivity index (χ1v) is 9.80. The van der Waals surface area contributed by atoms with Gasteiger partial charge in [0, 0.05) is 44.8 Å². The van der Waals surface area contributed by atoms with Gasteiger partial charge in [0.1, 0.15) is 0 Å². The van der Waals surface area contributed by atoms with Gasteiger partial charge < -0.3 is 20.4 Å². The molecule has 7 heteroatoms. The number of nitrogens with zero attached hydrogens (tertiary/aromatic N) is 2. The van der Waals surface area contributed by atoms with Crippen molar-refractivity contribution in [2.24, 2.45) is 5.92 Å². The zero-order chi connectivity index (χ0) is 19.1. The summed E-state index contributed by atoms with van der Waals surface area (Å²) in [6.45, 7) is 3.21. The number of urea groups is 1. The number of nitrogens with one attached hydrogen (secondary N) is 2. The Labute approximate surface area is 160 Å². The molecular weight excluding hydrogens is 344 g/mol. The lowest BCUT2D eigenvalue weighted by atomic mass is 9.97. The normalized spacial score (nSPS) is 19.9. The molecule has 1 unspecified atom stereocenters. The van der Waals surface area contributed by atoms with Gasteiger partial charge in [-0.25, -0.2) is 4.79 Å². The van der Waals surface area contributed by atoms with Crippen molar-refractivity contribution in [1.29, 1.82) is 0 Å². The lowest BCUT2D eigenvalue weighted by Crippen LogP contribution is -2.47. The predicted molar refractivity (Wildman–Crippen MR) is 103 cm³/mol. The van der Waals surface area contributed by atoms with E-state index in [1.807, 2.05) is 35.2 Å². The number of carbonyl (C=O) groups excluding carboxylic acids is 3. The average molecular weight is 372 g/mol. The third-order valence-electron chi connectivity index (χ3n) is 5.18. The van der Waals surface area contributed by atoms with Crippen molar-refractivity contribution in [3.63, 3.8) is 0 Å². The van der Waals surface area contributed by atoms with Crippen LogP contribution in [0.3, 0.4) is 0 Å². The molecule has 0 aromatic heterocycles. The van der Waals surface area contributed by atoms with Crippen molar-refractivity contribution in [3.05, 3.63) is 30.3 Å². The van der Waals surface area contributed by atoms with Gasteiger partial charge in [-0.15, -0.1) is 0 Å². The Morgan fingerprint density at radius 1 is 1.11 bits per heavy atom. The van der Waals surface area contributed by atoms with Crippen LogP contribution in [0.5, 0.6) is 0 Å². The van der Waals surface area contributed by atoms with E-state index >= 15 is 0 Å². The Balaban J connectivity index is 1.39. The van der Waals surface area contributed by atoms with E-state index in [4.69, 9.17) is 0 Å². The summed E-state index contributed by atoms with van der Waals surface area (Å²) in [5, 5.41) is 5.84. The smallest absolute Gasteiger partial charge is 0.321 e. The molecule has 2 heterocycles. The summed E-state index contributed by atoms with van der Waals surface area (Å²) in [6.07, 6.45) is 3.97. The number of hydrogen-bond acceptors (Lipinski definition) is 3. The molecule has 0 spiro atoms. The summed E-state index contributed by atoms with van der Waals surface area (Å²) in [5.41, 5.74) is 0.755. The summed E-state index contributed by atoms with van der Waals surface area (Å²) in [6, 6.07) is 9.17. The van der Waals surface area contributed by atoms with Crippen LogP contribution >= 0.6 is 0 Å². The van der Waals surface area contributed by atoms with Crippen LogP contribution in [0, 0.1) is 5.92 Å². The largest absolute Gasteiger partial charge is 0.356 e. The summed E-state index contributed by atoms with van der Waals surface area (Å²) in [7, 11) is 0. The van der Waals surface area contributed by atoms with Gasteiger partial charge in [-0.1, -0.05) is 18.2 Å². The van der Waals surface area contributed by atoms with Crippen molar-refractivity contribution in [2.75, 3.05) is 38.0 Å². The molecule has 2 aliphatic rings. The number of carbonyl (C=O) groups is 3. The first kappa shape index (κ1) is 19.2. The molecule has 2 N–H and O–H groups in total. The summed E-state index contributed by atoms with van der Waals surface area (Å²) >= 11 is 0. The first-order valence-electron chi connectivity index (χ1n) is 9.80. The Morgan fingerprint density at radius 2 is 1.93 bits per heavy atom. The van der Waals surface area contributed by atoms with Crippen LogP contribution in [0.2, 0.25) is 0 Å². The molecule has 2 aliphatic heterocycles. The van der Waals surface area contributed by atoms with E-state index in [0.29, 0.717) is 32.6 Å². The van der Waals surface area contributed by atoms with Crippen LogP contribution in [-0.2, 0) is 9.59 Å². The molecule has 2 fully saturated rings. The fourth-order valence-corrected chi connectivity index (χ4v) is 3.67. The number of hydrogen-bond donors (Lipinski definition) is 2. The molecule has 146 valence electrons. The van der Waals surface area contributed by atoms with Crippen LogP contribution < -0.4 is 10.6 Å². The van der Waals surface area contributed by atoms with E-state index < -0.39 is 0 Å². The number of likely N-dealkylation sites (tertiary alicyclic amines) is 2. The van der Waals surface area contributed by atoms with E-state index in [2.05, 4.69) is 10.6 Å². The molecule has 0 aliphatic carbocycles. The SMILES string of the molecule is O=C(NCCCN1CCCC1=O)C1CCCN(C(=O)Nc2ccccc2)C1. The highest BCUT2D eigenvalue weighted by atomic mass is 16.2. The molecule has 0 bridgehead atoms. The highest BCUT2D eigenvalue weighted by Crippen LogP contribution is 2.18. The standard InChI is InChI=1S/C20H28N4O3/c25-18-10-5-12-23(18)14-6-11-21-19(26)16-7-4-13-24(15-16)20(27)22-17-8-2-1-3-9-17/h1-3,8-9,16H,4-7,10-15H2,(H,21,26)(H,22,27). The Hall–Kier alpha value is -2.57. The maximum absolute atomic E-state index is 12.4. The van der Waals surface area contributed by atoms with Gasteiger partial charge in [-0.2, -0.15) is 0 Å². The highest BCUT2D eigenvalue weighted by molar-refractivity contribution is 5.90. The van der Waals surface area contributed by atoms with E-state index in [1.165, 1.54) is 0 Å². The molecule has 0 saturated carbocycles. The second-order valence-corrected chi connectivity index (χ2v) is 7.21. The van der Waals surface area contributed by atoms with Gasteiger partial charge in [0.15, 0.2) is 0 Å². The molecule has 1 aromatic rings. The second kappa shape index (κ2) is 9.39. The minimum absolute atomic E-state index is 0.0000374. The number of para-hydroxylation sites is 1. The lowest BCUT2D eigenvalue weighted by molar-refractivity contribution is -0.127. The van der Waals surface area contributed by atoms with Crippen molar-refractivity contribution in [1.82, 2.24) is 15.1 Å². The van der Waals surface area contributed by atoms with Crippen LogP contribution in [0.15, 0.2) is 30.3 Å². The van der Waals surface area contributed by atoms with E-state index in [1.54, 1.807) is 4.90 Å². The quantitative estimate of drug-likeness (QED) is 0.750. The average Bonchev–Trinajstić information content (AvgIpc) is 3.10. The molecule has 2 saturated heterocycles. The van der Waals surface area contributed by atoms with Crippen molar-refractivity contribution in [3.8, 4) is 0 Å². The number of rotatable bonds is 6. The maximum atomic E-state index is 12.4. The fourth-order valence-electron chi connectivity index (χ4n) is 3.67. The first-order chi connectivity index (χ1) is 13.1. The summed E-state index contributed by atoms with van der Waals surface area (Å²) in [4.78, 5) is 40.0. The van der Waals surface area contributed by atoms with Gasteiger partial charge >= 0.3 is 6.03 Å². The lowest BCUT2D eigenvalue weighted by Gasteiger charge is -2.32. The molecule has 7 nitrogen and oxygen atoms in total. The van der Waals surface area contributed by atoms with Gasteiger partial charge in [0.25, 0.3) is 0 Å². The molecule has 4 amide bonds. The number of benzene rings is 1. The van der Waals surface area contributed by atoms with Crippen LogP contribution in [0.25, 0.3) is 0 Å². The Morgan fingerprint density at radius 3 is 2.67 bits per heavy atom. The Bertz CT molecular complexity index is 664. The third-order valence-corrected chi connectivity index (χ3v) is 5.18. The summed E-state index contributed by atoms with van der Waals surface area (Å²) < 4.78 is 0. The van der Waals surface area contributed by atoms with Gasteiger partial charge in [0.2, 0.25) is 11.8 Å². The molecule has 3 rings (SSSR count). The predicted octanol–water partition coefficient (Wildman–Crippen LogP) is 2.06. The second-order valence-electron chi connectivity index (χ2n) is 7.21. The molecular formula is C20H28N4O3. The monoisotopic (exact) mass is 372 g/mol. The summed E-state index contributed by atoms with van der Waals surface area (Å²) in [5.74, 6) is 0.0438. The van der Waals surface area contributed by atoms with Gasteiger partial charge in [-0.3, -0.25) is 9.59 Å². The zero-order valence-corrected chi connectivity index (χ0v) is 15.7. The molecule has 0 radical (unpaired) electrons. The van der Waals surface area contributed by atoms with Gasteiger partial charge in [0.05, 0.1) is 5.92 Å². The maximum Gasteiger partial charge on any atom is 0.321 e. The number of piperidine rings is 1. The van der Waals surface area contributed by atoms with E-state index in [0.717, 1.165) is 37.9 Å². The van der Waals surface area contributed by atoms with Crippen molar-refractivity contribution >= 4 is 23.5 Å². The van der Waals surface area contributed by atoms with Crippen molar-refractivity contribution in [2.45, 2.75) is 32.1 Å². The number of amides is 4. The number of anilines is 1. The molecule has 1 atom stereocenters. The topological polar surface area (TPSA) is 81.8 Å². The minimum atomic E-state index is -0.173. The van der Waals surface area contributed by atoms with Crippen molar-refractivity contribution < 1.29 is 14.4 Å². The highest BCUT2D eigenvalue weighted by Gasteiger charge is 2.28.